The number of hydrogen-bond acceptors (Lipinski definition) is 7. The molecule has 0 atom stereocenters. The first-order valence-electron chi connectivity index (χ1n) is 10.2. The minimum atomic E-state index is -4.01. The maximum absolute atomic E-state index is 12.5. The smallest absolute Gasteiger partial charge is 0.339 e. The number of carbonyl (C=O) groups is 1. The van der Waals surface area contributed by atoms with Crippen LogP contribution in [-0.4, -0.2) is 41.2 Å². The molecular formula is C24H25N3O5S. The van der Waals surface area contributed by atoms with Crippen LogP contribution in [0.15, 0.2) is 82.8 Å². The Bertz CT molecular complexity index is 1220. The molecule has 0 spiro atoms. The van der Waals surface area contributed by atoms with Gasteiger partial charge in [-0.05, 0) is 67.1 Å². The van der Waals surface area contributed by atoms with Crippen molar-refractivity contribution in [2.75, 3.05) is 25.6 Å². The molecule has 1 N–H and O–H groups in total. The van der Waals surface area contributed by atoms with Crippen LogP contribution in [0.25, 0.3) is 0 Å². The van der Waals surface area contributed by atoms with E-state index in [2.05, 4.69) is 10.5 Å². The van der Waals surface area contributed by atoms with E-state index in [9.17, 15) is 13.2 Å². The fourth-order valence-corrected chi connectivity index (χ4v) is 3.80. The predicted octanol–water partition coefficient (Wildman–Crippen LogP) is 3.68. The molecule has 33 heavy (non-hydrogen) atoms. The lowest BCUT2D eigenvalue weighted by Gasteiger charge is -2.12. The Balaban J connectivity index is 1.72. The highest BCUT2D eigenvalue weighted by Crippen LogP contribution is 2.30. The number of hydrogen-bond donors (Lipinski definition) is 1. The summed E-state index contributed by atoms with van der Waals surface area (Å²) in [5.41, 5.74) is 4.52. The highest BCUT2D eigenvalue weighted by atomic mass is 32.2. The van der Waals surface area contributed by atoms with Crippen LogP contribution in [0.5, 0.6) is 11.5 Å². The quantitative estimate of drug-likeness (QED) is 0.293. The van der Waals surface area contributed by atoms with E-state index in [0.717, 1.165) is 5.69 Å². The number of rotatable bonds is 9. The first-order chi connectivity index (χ1) is 15.8. The summed E-state index contributed by atoms with van der Waals surface area (Å²) >= 11 is 0. The van der Waals surface area contributed by atoms with Crippen LogP contribution in [-0.2, 0) is 10.1 Å². The summed E-state index contributed by atoms with van der Waals surface area (Å²) in [5, 5.41) is 3.98. The monoisotopic (exact) mass is 467 g/mol. The summed E-state index contributed by atoms with van der Waals surface area (Å²) in [6.45, 7) is 2.08. The summed E-state index contributed by atoms with van der Waals surface area (Å²) in [5.74, 6) is -0.0510. The fourth-order valence-electron chi connectivity index (χ4n) is 2.84. The number of benzene rings is 3. The highest BCUT2D eigenvalue weighted by Gasteiger charge is 2.19. The van der Waals surface area contributed by atoms with Crippen LogP contribution in [0.2, 0.25) is 0 Å². The van der Waals surface area contributed by atoms with Crippen molar-refractivity contribution in [2.45, 2.75) is 11.8 Å². The summed E-state index contributed by atoms with van der Waals surface area (Å²) in [6, 6.07) is 19.6. The zero-order valence-electron chi connectivity index (χ0n) is 18.6. The van der Waals surface area contributed by atoms with Crippen molar-refractivity contribution < 1.29 is 22.1 Å². The van der Waals surface area contributed by atoms with E-state index in [4.69, 9.17) is 8.92 Å². The normalized spacial score (nSPS) is 11.2. The van der Waals surface area contributed by atoms with Crippen LogP contribution in [0.1, 0.15) is 22.8 Å². The Morgan fingerprint density at radius 2 is 1.70 bits per heavy atom. The van der Waals surface area contributed by atoms with Crippen LogP contribution in [0.4, 0.5) is 5.69 Å². The van der Waals surface area contributed by atoms with Gasteiger partial charge in [-0.2, -0.15) is 13.5 Å². The Morgan fingerprint density at radius 1 is 1.00 bits per heavy atom. The molecule has 9 heteroatoms. The van der Waals surface area contributed by atoms with Gasteiger partial charge in [-0.1, -0.05) is 18.2 Å². The molecule has 8 nitrogen and oxygen atoms in total. The molecule has 0 aliphatic rings. The van der Waals surface area contributed by atoms with E-state index >= 15 is 0 Å². The molecule has 0 bridgehead atoms. The maximum Gasteiger partial charge on any atom is 0.339 e. The molecule has 0 heterocycles. The van der Waals surface area contributed by atoms with Gasteiger partial charge in [0.1, 0.15) is 4.90 Å². The summed E-state index contributed by atoms with van der Waals surface area (Å²) in [6.07, 6.45) is 1.43. The third-order valence-corrected chi connectivity index (χ3v) is 5.77. The third-order valence-electron chi connectivity index (χ3n) is 4.52. The highest BCUT2D eigenvalue weighted by molar-refractivity contribution is 7.87. The zero-order valence-corrected chi connectivity index (χ0v) is 19.4. The molecule has 1 amide bonds. The van der Waals surface area contributed by atoms with E-state index in [1.807, 2.05) is 31.1 Å². The van der Waals surface area contributed by atoms with Gasteiger partial charge in [0, 0.05) is 25.3 Å². The van der Waals surface area contributed by atoms with E-state index in [1.54, 1.807) is 49.4 Å². The maximum atomic E-state index is 12.5. The number of anilines is 1. The lowest BCUT2D eigenvalue weighted by Crippen LogP contribution is -2.18. The van der Waals surface area contributed by atoms with Crippen molar-refractivity contribution >= 4 is 27.9 Å². The van der Waals surface area contributed by atoms with Gasteiger partial charge in [-0.25, -0.2) is 5.43 Å². The number of nitrogens with one attached hydrogen (secondary N) is 1. The lowest BCUT2D eigenvalue weighted by molar-refractivity contribution is 0.0955. The van der Waals surface area contributed by atoms with Gasteiger partial charge in [0.05, 0.1) is 12.8 Å². The number of amides is 1. The van der Waals surface area contributed by atoms with Gasteiger partial charge < -0.3 is 13.8 Å². The van der Waals surface area contributed by atoms with Gasteiger partial charge in [-0.15, -0.1) is 0 Å². The van der Waals surface area contributed by atoms with Crippen molar-refractivity contribution in [2.24, 2.45) is 5.10 Å². The zero-order chi connectivity index (χ0) is 23.8. The van der Waals surface area contributed by atoms with Crippen LogP contribution in [0.3, 0.4) is 0 Å². The second-order valence-corrected chi connectivity index (χ2v) is 8.68. The Morgan fingerprint density at radius 3 is 2.33 bits per heavy atom. The molecule has 3 aromatic rings. The molecule has 0 radical (unpaired) electrons. The van der Waals surface area contributed by atoms with Crippen molar-refractivity contribution in [1.29, 1.82) is 0 Å². The second kappa shape index (κ2) is 10.6. The molecular weight excluding hydrogens is 442 g/mol. The number of hydrazone groups is 1. The molecule has 3 rings (SSSR count). The topological polar surface area (TPSA) is 97.3 Å². The van der Waals surface area contributed by atoms with E-state index in [1.165, 1.54) is 24.4 Å². The predicted molar refractivity (Wildman–Crippen MR) is 128 cm³/mol. The van der Waals surface area contributed by atoms with Gasteiger partial charge in [0.2, 0.25) is 0 Å². The summed E-state index contributed by atoms with van der Waals surface area (Å²) in [4.78, 5) is 14.3. The van der Waals surface area contributed by atoms with Crippen LogP contribution in [0, 0.1) is 0 Å². The van der Waals surface area contributed by atoms with E-state index in [-0.39, 0.29) is 22.3 Å². The molecule has 0 saturated carbocycles. The third kappa shape index (κ3) is 6.33. The van der Waals surface area contributed by atoms with Crippen molar-refractivity contribution in [1.82, 2.24) is 5.43 Å². The minimum Gasteiger partial charge on any atom is -0.490 e. The molecule has 0 aromatic heterocycles. The second-order valence-electron chi connectivity index (χ2n) is 7.13. The summed E-state index contributed by atoms with van der Waals surface area (Å²) < 4.78 is 35.9. The van der Waals surface area contributed by atoms with Gasteiger partial charge in [0.15, 0.2) is 11.5 Å². The largest absolute Gasteiger partial charge is 0.490 e. The Kier molecular flexibility index (Phi) is 7.68. The average Bonchev–Trinajstić information content (AvgIpc) is 2.81. The Hall–Kier alpha value is -3.85. The standard InChI is InChI=1S/C24H25N3O5S/c1-4-31-23-16-18(10-15-22(23)32-33(29,30)21-8-6-5-7-9-21)17-25-26-24(28)19-11-13-20(14-12-19)27(2)3/h5-17H,4H2,1-3H3,(H,26,28)/b25-17-. The number of nitrogens with zero attached hydrogens (tertiary/aromatic N) is 2. The molecule has 3 aromatic carbocycles. The molecule has 0 aliphatic carbocycles. The van der Waals surface area contributed by atoms with E-state index < -0.39 is 10.1 Å². The molecule has 0 saturated heterocycles. The molecule has 0 fully saturated rings. The first kappa shape index (κ1) is 23.8. The first-order valence-corrected chi connectivity index (χ1v) is 11.6. The molecule has 0 aliphatic heterocycles. The summed E-state index contributed by atoms with van der Waals surface area (Å²) in [7, 11) is -0.168. The van der Waals surface area contributed by atoms with Crippen LogP contribution >= 0.6 is 0 Å². The lowest BCUT2D eigenvalue weighted by atomic mass is 10.2. The molecule has 172 valence electrons. The van der Waals surface area contributed by atoms with Gasteiger partial charge in [0.25, 0.3) is 5.91 Å². The van der Waals surface area contributed by atoms with Crippen molar-refractivity contribution in [3.05, 3.63) is 83.9 Å². The van der Waals surface area contributed by atoms with Gasteiger partial charge >= 0.3 is 10.1 Å². The van der Waals surface area contributed by atoms with Crippen LogP contribution < -0.4 is 19.2 Å². The van der Waals surface area contributed by atoms with Gasteiger partial charge in [-0.3, -0.25) is 4.79 Å². The van der Waals surface area contributed by atoms with Crippen molar-refractivity contribution in [3.63, 3.8) is 0 Å². The van der Waals surface area contributed by atoms with E-state index in [0.29, 0.717) is 17.7 Å². The average molecular weight is 468 g/mol. The Labute approximate surface area is 193 Å². The van der Waals surface area contributed by atoms with Crippen molar-refractivity contribution in [3.8, 4) is 11.5 Å². The molecule has 0 unspecified atom stereocenters. The number of ether oxygens (including phenoxy) is 1. The fraction of sp³-hybridized carbons (Fsp3) is 0.167. The minimum absolute atomic E-state index is 0.0411. The number of carbonyl (C=O) groups excluding carboxylic acids is 1. The SMILES string of the molecule is CCOc1cc(/C=N\NC(=O)c2ccc(N(C)C)cc2)ccc1OS(=O)(=O)c1ccccc1.